The highest BCUT2D eigenvalue weighted by atomic mass is 16.5. The number of ether oxygens (including phenoxy) is 1. The van der Waals surface area contributed by atoms with Crippen molar-refractivity contribution in [3.8, 4) is 0 Å². The van der Waals surface area contributed by atoms with Crippen LogP contribution >= 0.6 is 0 Å². The lowest BCUT2D eigenvalue weighted by atomic mass is 9.79. The van der Waals surface area contributed by atoms with Gasteiger partial charge in [-0.15, -0.1) is 0 Å². The van der Waals surface area contributed by atoms with Crippen LogP contribution in [0.25, 0.3) is 0 Å². The van der Waals surface area contributed by atoms with E-state index in [9.17, 15) is 9.90 Å². The number of anilines is 1. The van der Waals surface area contributed by atoms with Crippen LogP contribution in [0, 0.1) is 5.92 Å². The maximum atomic E-state index is 11.5. The van der Waals surface area contributed by atoms with E-state index in [2.05, 4.69) is 27.8 Å². The molecule has 1 atom stereocenters. The van der Waals surface area contributed by atoms with Crippen molar-refractivity contribution in [1.29, 1.82) is 0 Å². The van der Waals surface area contributed by atoms with Gasteiger partial charge in [0.05, 0.1) is 11.8 Å². The summed E-state index contributed by atoms with van der Waals surface area (Å²) in [4.78, 5) is 20.5. The minimum absolute atomic E-state index is 0.258. The number of hydrogen-bond acceptors (Lipinski definition) is 6. The summed E-state index contributed by atoms with van der Waals surface area (Å²) in [6.07, 6.45) is 8.98. The summed E-state index contributed by atoms with van der Waals surface area (Å²) in [6.45, 7) is 1.92. The van der Waals surface area contributed by atoms with Gasteiger partial charge in [-0.2, -0.15) is 0 Å². The summed E-state index contributed by atoms with van der Waals surface area (Å²) in [5.74, 6) is 0.898. The van der Waals surface area contributed by atoms with Crippen LogP contribution in [-0.4, -0.2) is 46.3 Å². The Morgan fingerprint density at radius 1 is 1.26 bits per heavy atom. The second-order valence-electron chi connectivity index (χ2n) is 8.59. The molecule has 0 amide bonds. The molecule has 0 radical (unpaired) electrons. The fourth-order valence-electron chi connectivity index (χ4n) is 4.30. The molecule has 1 aliphatic carbocycles. The van der Waals surface area contributed by atoms with Crippen molar-refractivity contribution in [3.05, 3.63) is 53.5 Å². The lowest BCUT2D eigenvalue weighted by molar-refractivity contribution is -0.140. The van der Waals surface area contributed by atoms with Gasteiger partial charge in [0.25, 0.3) is 0 Å². The summed E-state index contributed by atoms with van der Waals surface area (Å²) >= 11 is 0. The first kappa shape index (κ1) is 21.7. The first-order valence-corrected chi connectivity index (χ1v) is 11.4. The zero-order valence-electron chi connectivity index (χ0n) is 17.9. The van der Waals surface area contributed by atoms with Gasteiger partial charge in [0.15, 0.2) is 0 Å². The van der Waals surface area contributed by atoms with E-state index in [4.69, 9.17) is 9.72 Å². The molecule has 0 aromatic carbocycles. The van der Waals surface area contributed by atoms with E-state index in [0.717, 1.165) is 50.2 Å². The average Bonchev–Trinajstić information content (AvgIpc) is 2.77. The number of aryl methyl sites for hydroxylation is 2. The number of nitrogens with one attached hydrogen (secondary N) is 2. The SMILES string of the molecule is O=C(O)[C@@H](CCOC1CC(CCc2ccc3c(n2)NCCC3)C1)NCc1ccccn1. The second-order valence-corrected chi connectivity index (χ2v) is 8.59. The fourth-order valence-corrected chi connectivity index (χ4v) is 4.30. The highest BCUT2D eigenvalue weighted by Crippen LogP contribution is 2.34. The number of pyridine rings is 2. The molecule has 4 rings (SSSR count). The molecule has 3 N–H and O–H groups in total. The first-order valence-electron chi connectivity index (χ1n) is 11.4. The van der Waals surface area contributed by atoms with Crippen LogP contribution in [-0.2, 0) is 28.9 Å². The van der Waals surface area contributed by atoms with Gasteiger partial charge in [0.2, 0.25) is 0 Å². The number of carboxylic acid groups (broad SMARTS) is 1. The van der Waals surface area contributed by atoms with E-state index in [-0.39, 0.29) is 6.10 Å². The highest BCUT2D eigenvalue weighted by molar-refractivity contribution is 5.73. The van der Waals surface area contributed by atoms with Crippen molar-refractivity contribution in [2.75, 3.05) is 18.5 Å². The Labute approximate surface area is 183 Å². The third-order valence-electron chi connectivity index (χ3n) is 6.27. The van der Waals surface area contributed by atoms with E-state index in [1.165, 1.54) is 17.7 Å². The van der Waals surface area contributed by atoms with Crippen LogP contribution in [0.1, 0.15) is 49.1 Å². The third-order valence-corrected chi connectivity index (χ3v) is 6.27. The number of carbonyl (C=O) groups is 1. The van der Waals surface area contributed by atoms with Crippen LogP contribution in [0.2, 0.25) is 0 Å². The van der Waals surface area contributed by atoms with Gasteiger partial charge in [-0.1, -0.05) is 12.1 Å². The van der Waals surface area contributed by atoms with Crippen molar-refractivity contribution in [2.24, 2.45) is 5.92 Å². The Bertz CT molecular complexity index is 855. The van der Waals surface area contributed by atoms with E-state index >= 15 is 0 Å². The number of rotatable bonds is 11. The van der Waals surface area contributed by atoms with Gasteiger partial charge < -0.3 is 15.2 Å². The zero-order chi connectivity index (χ0) is 21.5. The molecule has 0 saturated heterocycles. The predicted molar refractivity (Wildman–Crippen MR) is 119 cm³/mol. The Balaban J connectivity index is 1.11. The van der Waals surface area contributed by atoms with Crippen molar-refractivity contribution >= 4 is 11.8 Å². The molecule has 1 aliphatic heterocycles. The normalized spacial score (nSPS) is 20.9. The number of fused-ring (bicyclic) bond motifs is 1. The molecule has 166 valence electrons. The lowest BCUT2D eigenvalue weighted by Crippen LogP contribution is -2.38. The summed E-state index contributed by atoms with van der Waals surface area (Å²) < 4.78 is 5.92. The Morgan fingerprint density at radius 3 is 2.97 bits per heavy atom. The predicted octanol–water partition coefficient (Wildman–Crippen LogP) is 3.20. The summed E-state index contributed by atoms with van der Waals surface area (Å²) in [5.41, 5.74) is 3.34. The Kier molecular flexibility index (Phi) is 7.48. The third kappa shape index (κ3) is 6.24. The molecular weight excluding hydrogens is 392 g/mol. The Morgan fingerprint density at radius 2 is 2.16 bits per heavy atom. The molecular formula is C24H32N4O3. The minimum atomic E-state index is -0.849. The number of aromatic nitrogens is 2. The van der Waals surface area contributed by atoms with Crippen molar-refractivity contribution in [1.82, 2.24) is 15.3 Å². The molecule has 0 unspecified atom stereocenters. The molecule has 1 fully saturated rings. The average molecular weight is 425 g/mol. The van der Waals surface area contributed by atoms with E-state index < -0.39 is 12.0 Å². The molecule has 7 nitrogen and oxygen atoms in total. The van der Waals surface area contributed by atoms with Crippen molar-refractivity contribution in [3.63, 3.8) is 0 Å². The molecule has 2 aliphatic rings. The quantitative estimate of drug-likeness (QED) is 0.510. The van der Waals surface area contributed by atoms with E-state index in [1.54, 1.807) is 6.20 Å². The van der Waals surface area contributed by atoms with Crippen LogP contribution in [0.5, 0.6) is 0 Å². The molecule has 31 heavy (non-hydrogen) atoms. The van der Waals surface area contributed by atoms with Gasteiger partial charge in [-0.3, -0.25) is 15.1 Å². The Hall–Kier alpha value is -2.51. The smallest absolute Gasteiger partial charge is 0.320 e. The monoisotopic (exact) mass is 424 g/mol. The topological polar surface area (TPSA) is 96.4 Å². The largest absolute Gasteiger partial charge is 0.480 e. The highest BCUT2D eigenvalue weighted by Gasteiger charge is 2.30. The molecule has 2 aromatic rings. The van der Waals surface area contributed by atoms with Crippen LogP contribution in [0.4, 0.5) is 5.82 Å². The van der Waals surface area contributed by atoms with Crippen molar-refractivity contribution < 1.29 is 14.6 Å². The number of nitrogens with zero attached hydrogens (tertiary/aromatic N) is 2. The second kappa shape index (κ2) is 10.7. The van der Waals surface area contributed by atoms with Crippen LogP contribution < -0.4 is 10.6 Å². The number of carboxylic acids is 1. The fraction of sp³-hybridized carbons (Fsp3) is 0.542. The molecule has 1 saturated carbocycles. The standard InChI is InChI=1S/C24H32N4O3/c29-24(30)22(27-16-20-5-1-2-11-25-20)10-13-31-21-14-17(15-21)6-8-19-9-7-18-4-3-12-26-23(18)28-19/h1-2,5,7,9,11,17,21-22,27H,3-4,6,8,10,12-16H2,(H,26,28)(H,29,30)/t17?,21?,22-/m1/s1. The van der Waals surface area contributed by atoms with E-state index in [0.29, 0.717) is 25.5 Å². The summed E-state index contributed by atoms with van der Waals surface area (Å²) in [6, 6.07) is 9.39. The summed E-state index contributed by atoms with van der Waals surface area (Å²) in [5, 5.41) is 15.9. The minimum Gasteiger partial charge on any atom is -0.480 e. The molecule has 0 bridgehead atoms. The van der Waals surface area contributed by atoms with Crippen molar-refractivity contribution in [2.45, 2.75) is 63.6 Å². The molecule has 7 heteroatoms. The number of hydrogen-bond donors (Lipinski definition) is 3. The van der Waals surface area contributed by atoms with Gasteiger partial charge >= 0.3 is 5.97 Å². The van der Waals surface area contributed by atoms with E-state index in [1.807, 2.05) is 18.2 Å². The zero-order valence-corrected chi connectivity index (χ0v) is 17.9. The summed E-state index contributed by atoms with van der Waals surface area (Å²) in [7, 11) is 0. The number of aliphatic carboxylic acids is 1. The van der Waals surface area contributed by atoms with Gasteiger partial charge in [-0.05, 0) is 74.6 Å². The maximum absolute atomic E-state index is 11.5. The molecule has 3 heterocycles. The maximum Gasteiger partial charge on any atom is 0.320 e. The molecule has 2 aromatic heterocycles. The van der Waals surface area contributed by atoms with Gasteiger partial charge in [0, 0.05) is 31.6 Å². The van der Waals surface area contributed by atoms with Crippen LogP contribution in [0.3, 0.4) is 0 Å². The van der Waals surface area contributed by atoms with Gasteiger partial charge in [0.1, 0.15) is 11.9 Å². The first-order chi connectivity index (χ1) is 15.2. The van der Waals surface area contributed by atoms with Crippen LogP contribution in [0.15, 0.2) is 36.5 Å². The lowest BCUT2D eigenvalue weighted by Gasteiger charge is -2.35. The van der Waals surface area contributed by atoms with Gasteiger partial charge in [-0.25, -0.2) is 4.98 Å². The molecule has 0 spiro atoms.